The number of hydrogen-bond donors (Lipinski definition) is 1. The number of halogens is 1. The second-order valence-electron chi connectivity index (χ2n) is 7.54. The Bertz CT molecular complexity index is 758. The molecular formula is C23H31FN2O3. The molecule has 0 spiro atoms. The van der Waals surface area contributed by atoms with Crippen molar-refractivity contribution in [1.82, 2.24) is 4.90 Å². The van der Waals surface area contributed by atoms with Crippen molar-refractivity contribution in [3.8, 4) is 5.75 Å². The van der Waals surface area contributed by atoms with Gasteiger partial charge in [0.2, 0.25) is 0 Å². The number of aryl methyl sites for hydroxylation is 2. The number of rotatable bonds is 9. The predicted molar refractivity (Wildman–Crippen MR) is 113 cm³/mol. The van der Waals surface area contributed by atoms with Gasteiger partial charge in [-0.15, -0.1) is 0 Å². The van der Waals surface area contributed by atoms with E-state index in [0.717, 1.165) is 43.1 Å². The Morgan fingerprint density at radius 3 is 2.34 bits per heavy atom. The molecule has 29 heavy (non-hydrogen) atoms. The first-order chi connectivity index (χ1) is 14.0. The quantitative estimate of drug-likeness (QED) is 0.654. The Balaban J connectivity index is 1.31. The Kier molecular flexibility index (Phi) is 7.86. The second-order valence-corrected chi connectivity index (χ2v) is 7.54. The van der Waals surface area contributed by atoms with Gasteiger partial charge in [0, 0.05) is 32.7 Å². The number of benzene rings is 2. The molecule has 0 unspecified atom stereocenters. The van der Waals surface area contributed by atoms with E-state index in [1.54, 1.807) is 6.07 Å². The molecule has 0 aliphatic carbocycles. The van der Waals surface area contributed by atoms with E-state index in [-0.39, 0.29) is 12.4 Å². The Morgan fingerprint density at radius 1 is 0.966 bits per heavy atom. The van der Waals surface area contributed by atoms with Gasteiger partial charge in [-0.1, -0.05) is 30.3 Å². The lowest BCUT2D eigenvalue weighted by molar-refractivity contribution is 0.00706. The summed E-state index contributed by atoms with van der Waals surface area (Å²) in [5, 5.41) is 10.3. The van der Waals surface area contributed by atoms with Gasteiger partial charge in [-0.2, -0.15) is 0 Å². The van der Waals surface area contributed by atoms with Crippen LogP contribution in [0.5, 0.6) is 5.75 Å². The summed E-state index contributed by atoms with van der Waals surface area (Å²) in [5.74, 6) is 0.724. The number of aliphatic hydroxyl groups is 1. The molecule has 0 saturated carbocycles. The monoisotopic (exact) mass is 402 g/mol. The number of aliphatic hydroxyl groups excluding tert-OH is 1. The average Bonchev–Trinajstić information content (AvgIpc) is 2.71. The maximum absolute atomic E-state index is 13.9. The van der Waals surface area contributed by atoms with E-state index < -0.39 is 6.10 Å². The third-order valence-corrected chi connectivity index (χ3v) is 5.23. The zero-order chi connectivity index (χ0) is 20.6. The van der Waals surface area contributed by atoms with Crippen LogP contribution < -0.4 is 9.64 Å². The van der Waals surface area contributed by atoms with Crippen LogP contribution in [0.4, 0.5) is 10.1 Å². The molecule has 1 heterocycles. The molecular weight excluding hydrogens is 371 g/mol. The van der Waals surface area contributed by atoms with Crippen molar-refractivity contribution >= 4 is 5.69 Å². The molecule has 1 N–H and O–H groups in total. The first kappa shape index (κ1) is 21.6. The van der Waals surface area contributed by atoms with E-state index in [2.05, 4.69) is 9.80 Å². The zero-order valence-electron chi connectivity index (χ0n) is 17.3. The molecule has 5 nitrogen and oxygen atoms in total. The minimum absolute atomic E-state index is 0.183. The van der Waals surface area contributed by atoms with Crippen molar-refractivity contribution in [1.29, 1.82) is 0 Å². The fourth-order valence-corrected chi connectivity index (χ4v) is 3.68. The molecule has 0 radical (unpaired) electrons. The van der Waals surface area contributed by atoms with Crippen LogP contribution in [-0.2, 0) is 4.74 Å². The van der Waals surface area contributed by atoms with Gasteiger partial charge in [-0.25, -0.2) is 4.39 Å². The summed E-state index contributed by atoms with van der Waals surface area (Å²) < 4.78 is 25.3. The lowest BCUT2D eigenvalue weighted by atomic mass is 10.1. The number of para-hydroxylation sites is 2. The topological polar surface area (TPSA) is 45.2 Å². The molecule has 1 aliphatic heterocycles. The molecule has 6 heteroatoms. The number of ether oxygens (including phenoxy) is 2. The molecule has 158 valence electrons. The second kappa shape index (κ2) is 10.6. The van der Waals surface area contributed by atoms with E-state index in [9.17, 15) is 9.50 Å². The van der Waals surface area contributed by atoms with Crippen LogP contribution in [0.3, 0.4) is 0 Å². The fourth-order valence-electron chi connectivity index (χ4n) is 3.68. The first-order valence-corrected chi connectivity index (χ1v) is 10.2. The van der Waals surface area contributed by atoms with E-state index in [4.69, 9.17) is 9.47 Å². The lowest BCUT2D eigenvalue weighted by Crippen LogP contribution is -2.49. The summed E-state index contributed by atoms with van der Waals surface area (Å²) in [6.07, 6.45) is -0.546. The van der Waals surface area contributed by atoms with Crippen LogP contribution in [0.1, 0.15) is 11.1 Å². The summed E-state index contributed by atoms with van der Waals surface area (Å²) in [6, 6.07) is 12.9. The maximum atomic E-state index is 13.9. The minimum atomic E-state index is -0.546. The predicted octanol–water partition coefficient (Wildman–Crippen LogP) is 3.02. The minimum Gasteiger partial charge on any atom is -0.491 e. The highest BCUT2D eigenvalue weighted by Crippen LogP contribution is 2.22. The van der Waals surface area contributed by atoms with Crippen LogP contribution >= 0.6 is 0 Å². The van der Waals surface area contributed by atoms with E-state index in [1.807, 2.05) is 44.2 Å². The van der Waals surface area contributed by atoms with Gasteiger partial charge in [0.1, 0.15) is 18.2 Å². The van der Waals surface area contributed by atoms with Gasteiger partial charge < -0.3 is 19.5 Å². The van der Waals surface area contributed by atoms with Gasteiger partial charge >= 0.3 is 0 Å². The summed E-state index contributed by atoms with van der Waals surface area (Å²) in [7, 11) is 0. The Hall–Kier alpha value is -2.15. The molecule has 0 amide bonds. The van der Waals surface area contributed by atoms with Gasteiger partial charge in [0.05, 0.1) is 25.0 Å². The summed E-state index contributed by atoms with van der Waals surface area (Å²) in [4.78, 5) is 4.25. The fraction of sp³-hybridized carbons (Fsp3) is 0.478. The van der Waals surface area contributed by atoms with Crippen molar-refractivity contribution < 1.29 is 19.0 Å². The molecule has 1 aliphatic rings. The first-order valence-electron chi connectivity index (χ1n) is 10.2. The van der Waals surface area contributed by atoms with E-state index in [0.29, 0.717) is 25.4 Å². The molecule has 1 saturated heterocycles. The van der Waals surface area contributed by atoms with Crippen molar-refractivity contribution in [2.75, 3.05) is 57.4 Å². The lowest BCUT2D eigenvalue weighted by Gasteiger charge is -2.36. The molecule has 0 aromatic heterocycles. The molecule has 1 atom stereocenters. The normalized spacial score (nSPS) is 16.1. The van der Waals surface area contributed by atoms with Crippen molar-refractivity contribution in [2.24, 2.45) is 0 Å². The highest BCUT2D eigenvalue weighted by Gasteiger charge is 2.21. The molecule has 0 bridgehead atoms. The number of anilines is 1. The van der Waals surface area contributed by atoms with Crippen LogP contribution in [0.25, 0.3) is 0 Å². The molecule has 2 aromatic carbocycles. The summed E-state index contributed by atoms with van der Waals surface area (Å²) in [5.41, 5.74) is 2.87. The van der Waals surface area contributed by atoms with Crippen molar-refractivity contribution in [3.05, 3.63) is 59.4 Å². The zero-order valence-corrected chi connectivity index (χ0v) is 17.3. The highest BCUT2D eigenvalue weighted by atomic mass is 19.1. The Morgan fingerprint density at radius 2 is 1.66 bits per heavy atom. The number of nitrogens with zero attached hydrogens (tertiary/aromatic N) is 2. The number of β-amino-alcohol motifs (C(OH)–C–C–N with tert-alkyl or cyclic N) is 1. The van der Waals surface area contributed by atoms with Gasteiger partial charge in [0.25, 0.3) is 0 Å². The van der Waals surface area contributed by atoms with Crippen LogP contribution in [-0.4, -0.2) is 68.7 Å². The number of piperazine rings is 1. The van der Waals surface area contributed by atoms with Crippen LogP contribution in [0.2, 0.25) is 0 Å². The third kappa shape index (κ3) is 6.16. The van der Waals surface area contributed by atoms with Crippen LogP contribution in [0.15, 0.2) is 42.5 Å². The van der Waals surface area contributed by atoms with Gasteiger partial charge in [-0.05, 0) is 37.1 Å². The smallest absolute Gasteiger partial charge is 0.146 e. The van der Waals surface area contributed by atoms with E-state index in [1.165, 1.54) is 6.07 Å². The molecule has 3 rings (SSSR count). The van der Waals surface area contributed by atoms with Crippen molar-refractivity contribution in [3.63, 3.8) is 0 Å². The summed E-state index contributed by atoms with van der Waals surface area (Å²) in [6.45, 7) is 8.87. The largest absolute Gasteiger partial charge is 0.491 e. The molecule has 1 fully saturated rings. The maximum Gasteiger partial charge on any atom is 0.146 e. The highest BCUT2D eigenvalue weighted by molar-refractivity contribution is 5.48. The van der Waals surface area contributed by atoms with Crippen molar-refractivity contribution in [2.45, 2.75) is 20.0 Å². The number of hydrogen-bond acceptors (Lipinski definition) is 5. The standard InChI is InChI=1S/C23H31FN2O3/c1-18-6-5-7-19(2)23(18)29-15-14-28-17-20(27)16-25-10-12-26(13-11-25)22-9-4-3-8-21(22)24/h3-9,20,27H,10-17H2,1-2H3/t20-/m0/s1. The summed E-state index contributed by atoms with van der Waals surface area (Å²) >= 11 is 0. The Labute approximate surface area is 172 Å². The van der Waals surface area contributed by atoms with Crippen LogP contribution in [0, 0.1) is 19.7 Å². The van der Waals surface area contributed by atoms with Gasteiger partial charge in [-0.3, -0.25) is 4.90 Å². The van der Waals surface area contributed by atoms with Gasteiger partial charge in [0.15, 0.2) is 0 Å². The van der Waals surface area contributed by atoms with E-state index >= 15 is 0 Å². The average molecular weight is 403 g/mol. The molecule has 2 aromatic rings. The third-order valence-electron chi connectivity index (χ3n) is 5.23. The SMILES string of the molecule is Cc1cccc(C)c1OCCOC[C@@H](O)CN1CCN(c2ccccc2F)CC1.